The Morgan fingerprint density at radius 1 is 1.15 bits per heavy atom. The fraction of sp³-hybridized carbons (Fsp3) is 0.353. The highest BCUT2D eigenvalue weighted by molar-refractivity contribution is 5.40. The fourth-order valence-corrected chi connectivity index (χ4v) is 1.93. The number of aromatic nitrogens is 1. The Hall–Kier alpha value is -1.87. The van der Waals surface area contributed by atoms with Crippen molar-refractivity contribution >= 4 is 0 Å². The number of hydrogen-bond acceptors (Lipinski definition) is 3. The van der Waals surface area contributed by atoms with Crippen molar-refractivity contribution in [3.8, 4) is 11.6 Å². The van der Waals surface area contributed by atoms with Crippen molar-refractivity contribution in [2.45, 2.75) is 33.7 Å². The predicted octanol–water partition coefficient (Wildman–Crippen LogP) is 3.99. The maximum atomic E-state index is 5.84. The lowest BCUT2D eigenvalue weighted by molar-refractivity contribution is 0.458. The molecule has 106 valence electrons. The SMILES string of the molecule is CCCNCc1ccc(Oc2cccc(C)c2C)nc1. The van der Waals surface area contributed by atoms with Crippen LogP contribution in [0.3, 0.4) is 0 Å². The molecule has 20 heavy (non-hydrogen) atoms. The van der Waals surface area contributed by atoms with Crippen LogP contribution >= 0.6 is 0 Å². The summed E-state index contributed by atoms with van der Waals surface area (Å²) in [6, 6.07) is 10.0. The highest BCUT2D eigenvalue weighted by Gasteiger charge is 2.04. The molecule has 0 aliphatic rings. The smallest absolute Gasteiger partial charge is 0.219 e. The fourth-order valence-electron chi connectivity index (χ4n) is 1.93. The van der Waals surface area contributed by atoms with Crippen molar-refractivity contribution in [3.05, 3.63) is 53.2 Å². The van der Waals surface area contributed by atoms with Gasteiger partial charge in [-0.1, -0.05) is 25.1 Å². The Bertz CT molecular complexity index is 549. The molecule has 3 nitrogen and oxygen atoms in total. The van der Waals surface area contributed by atoms with E-state index in [0.29, 0.717) is 5.88 Å². The molecule has 0 aliphatic heterocycles. The molecule has 1 heterocycles. The van der Waals surface area contributed by atoms with Gasteiger partial charge in [-0.05, 0) is 49.6 Å². The largest absolute Gasteiger partial charge is 0.439 e. The molecule has 3 heteroatoms. The average molecular weight is 270 g/mol. The van der Waals surface area contributed by atoms with Gasteiger partial charge in [-0.15, -0.1) is 0 Å². The first-order chi connectivity index (χ1) is 9.70. The van der Waals surface area contributed by atoms with Gasteiger partial charge in [0.15, 0.2) is 0 Å². The van der Waals surface area contributed by atoms with Crippen LogP contribution in [0.5, 0.6) is 11.6 Å². The summed E-state index contributed by atoms with van der Waals surface area (Å²) in [5.74, 6) is 1.51. The summed E-state index contributed by atoms with van der Waals surface area (Å²) >= 11 is 0. The van der Waals surface area contributed by atoms with E-state index in [9.17, 15) is 0 Å². The molecule has 1 aromatic heterocycles. The van der Waals surface area contributed by atoms with Gasteiger partial charge >= 0.3 is 0 Å². The molecule has 0 amide bonds. The van der Waals surface area contributed by atoms with E-state index in [2.05, 4.69) is 43.2 Å². The Morgan fingerprint density at radius 2 is 2.00 bits per heavy atom. The molecule has 2 aromatic rings. The number of hydrogen-bond donors (Lipinski definition) is 1. The second-order valence-corrected chi connectivity index (χ2v) is 4.98. The van der Waals surface area contributed by atoms with Gasteiger partial charge in [-0.2, -0.15) is 0 Å². The molecule has 0 spiro atoms. The normalized spacial score (nSPS) is 10.6. The van der Waals surface area contributed by atoms with Gasteiger partial charge in [0.1, 0.15) is 5.75 Å². The predicted molar refractivity (Wildman–Crippen MR) is 82.2 cm³/mol. The van der Waals surface area contributed by atoms with Crippen molar-refractivity contribution in [2.75, 3.05) is 6.54 Å². The Balaban J connectivity index is 2.01. The number of rotatable bonds is 6. The first kappa shape index (κ1) is 14.5. The minimum atomic E-state index is 0.637. The molecule has 0 radical (unpaired) electrons. The number of nitrogens with zero attached hydrogens (tertiary/aromatic N) is 1. The van der Waals surface area contributed by atoms with Crippen molar-refractivity contribution in [3.63, 3.8) is 0 Å². The van der Waals surface area contributed by atoms with E-state index in [-0.39, 0.29) is 0 Å². The summed E-state index contributed by atoms with van der Waals surface area (Å²) < 4.78 is 5.84. The van der Waals surface area contributed by atoms with Crippen LogP contribution in [0.1, 0.15) is 30.0 Å². The highest BCUT2D eigenvalue weighted by Crippen LogP contribution is 2.25. The monoisotopic (exact) mass is 270 g/mol. The van der Waals surface area contributed by atoms with E-state index in [4.69, 9.17) is 4.74 Å². The number of benzene rings is 1. The van der Waals surface area contributed by atoms with Crippen molar-refractivity contribution < 1.29 is 4.74 Å². The second kappa shape index (κ2) is 7.06. The molecular weight excluding hydrogens is 248 g/mol. The number of ether oxygens (including phenoxy) is 1. The third kappa shape index (κ3) is 3.81. The van der Waals surface area contributed by atoms with Crippen LogP contribution in [0, 0.1) is 13.8 Å². The van der Waals surface area contributed by atoms with Gasteiger partial charge in [0.05, 0.1) is 0 Å². The molecule has 1 aromatic carbocycles. The summed E-state index contributed by atoms with van der Waals surface area (Å²) in [5, 5.41) is 3.36. The lowest BCUT2D eigenvalue weighted by Crippen LogP contribution is -2.13. The molecule has 0 saturated heterocycles. The van der Waals surface area contributed by atoms with Gasteiger partial charge in [-0.3, -0.25) is 0 Å². The van der Waals surface area contributed by atoms with Crippen LogP contribution < -0.4 is 10.1 Å². The van der Waals surface area contributed by atoms with E-state index in [0.717, 1.165) is 30.8 Å². The van der Waals surface area contributed by atoms with Gasteiger partial charge in [0.2, 0.25) is 5.88 Å². The maximum absolute atomic E-state index is 5.84. The zero-order valence-corrected chi connectivity index (χ0v) is 12.4. The standard InChI is InChI=1S/C17H22N2O/c1-4-10-18-11-15-8-9-17(19-12-15)20-16-7-5-6-13(2)14(16)3/h5-9,12,18H,4,10-11H2,1-3H3. The van der Waals surface area contributed by atoms with Gasteiger partial charge < -0.3 is 10.1 Å². The molecule has 0 unspecified atom stereocenters. The third-order valence-corrected chi connectivity index (χ3v) is 3.32. The Kier molecular flexibility index (Phi) is 5.13. The lowest BCUT2D eigenvalue weighted by Gasteiger charge is -2.10. The molecule has 0 aliphatic carbocycles. The summed E-state index contributed by atoms with van der Waals surface area (Å²) in [5.41, 5.74) is 3.55. The number of nitrogens with one attached hydrogen (secondary N) is 1. The quantitative estimate of drug-likeness (QED) is 0.806. The average Bonchev–Trinajstić information content (AvgIpc) is 2.46. The number of pyridine rings is 1. The minimum absolute atomic E-state index is 0.637. The topological polar surface area (TPSA) is 34.1 Å². The Morgan fingerprint density at radius 3 is 2.70 bits per heavy atom. The lowest BCUT2D eigenvalue weighted by atomic mass is 10.1. The zero-order valence-electron chi connectivity index (χ0n) is 12.4. The van der Waals surface area contributed by atoms with E-state index in [1.165, 1.54) is 11.1 Å². The summed E-state index contributed by atoms with van der Waals surface area (Å²) in [7, 11) is 0. The molecule has 0 saturated carbocycles. The zero-order chi connectivity index (χ0) is 14.4. The maximum Gasteiger partial charge on any atom is 0.219 e. The minimum Gasteiger partial charge on any atom is -0.439 e. The van der Waals surface area contributed by atoms with Crippen LogP contribution in [0.25, 0.3) is 0 Å². The Labute approximate surface area is 121 Å². The van der Waals surface area contributed by atoms with Crippen LogP contribution in [0.4, 0.5) is 0 Å². The summed E-state index contributed by atoms with van der Waals surface area (Å²) in [4.78, 5) is 4.36. The third-order valence-electron chi connectivity index (χ3n) is 3.32. The van der Waals surface area contributed by atoms with Crippen molar-refractivity contribution in [1.29, 1.82) is 0 Å². The molecule has 2 rings (SSSR count). The molecule has 0 fully saturated rings. The van der Waals surface area contributed by atoms with Gasteiger partial charge in [-0.25, -0.2) is 4.98 Å². The molecule has 0 bridgehead atoms. The molecular formula is C17H22N2O. The molecule has 0 atom stereocenters. The first-order valence-corrected chi connectivity index (χ1v) is 7.10. The van der Waals surface area contributed by atoms with E-state index in [1.54, 1.807) is 0 Å². The highest BCUT2D eigenvalue weighted by atomic mass is 16.5. The van der Waals surface area contributed by atoms with E-state index >= 15 is 0 Å². The van der Waals surface area contributed by atoms with Gasteiger partial charge in [0, 0.05) is 18.8 Å². The van der Waals surface area contributed by atoms with Gasteiger partial charge in [0.25, 0.3) is 0 Å². The van der Waals surface area contributed by atoms with Crippen LogP contribution in [-0.4, -0.2) is 11.5 Å². The van der Waals surface area contributed by atoms with Crippen LogP contribution in [0.2, 0.25) is 0 Å². The van der Waals surface area contributed by atoms with Crippen LogP contribution in [-0.2, 0) is 6.54 Å². The van der Waals surface area contributed by atoms with Crippen molar-refractivity contribution in [2.24, 2.45) is 0 Å². The molecule has 1 N–H and O–H groups in total. The van der Waals surface area contributed by atoms with Crippen LogP contribution in [0.15, 0.2) is 36.5 Å². The van der Waals surface area contributed by atoms with E-state index < -0.39 is 0 Å². The van der Waals surface area contributed by atoms with Crippen molar-refractivity contribution in [1.82, 2.24) is 10.3 Å². The summed E-state index contributed by atoms with van der Waals surface area (Å²) in [6.07, 6.45) is 3.00. The second-order valence-electron chi connectivity index (χ2n) is 4.98. The van der Waals surface area contributed by atoms with E-state index in [1.807, 2.05) is 24.4 Å². The first-order valence-electron chi connectivity index (χ1n) is 7.10. The number of aryl methyl sites for hydroxylation is 1. The summed E-state index contributed by atoms with van der Waals surface area (Å²) in [6.45, 7) is 8.18.